The van der Waals surface area contributed by atoms with E-state index in [0.717, 1.165) is 0 Å². The van der Waals surface area contributed by atoms with Crippen LogP contribution in [0.25, 0.3) is 21.5 Å². The second-order valence-electron chi connectivity index (χ2n) is 15.9. The van der Waals surface area contributed by atoms with Crippen LogP contribution < -0.4 is 25.2 Å². The molecule has 8 aromatic rings. The predicted molar refractivity (Wildman–Crippen MR) is 284 cm³/mol. The summed E-state index contributed by atoms with van der Waals surface area (Å²) in [7, 11) is -6.67. The van der Waals surface area contributed by atoms with Crippen molar-refractivity contribution in [1.82, 2.24) is 0 Å². The molecular weight excluding hydrogens is 1170 g/mol. The van der Waals surface area contributed by atoms with Crippen LogP contribution in [-0.4, -0.2) is 106 Å². The van der Waals surface area contributed by atoms with E-state index in [0.29, 0.717) is 68.4 Å². The van der Waals surface area contributed by atoms with Crippen LogP contribution in [0.15, 0.2) is 164 Å². The Morgan fingerprint density at radius 1 is 0.600 bits per heavy atom. The fourth-order valence-electron chi connectivity index (χ4n) is 7.45. The van der Waals surface area contributed by atoms with E-state index in [1.54, 1.807) is 97.1 Å². The number of aromatic hydroxyl groups is 1. The number of nitrogens with one attached hydrogen (secondary N) is 2. The number of anilines is 2. The molecule has 0 aliphatic rings. The largest absolute Gasteiger partial charge is 2.00 e. The Balaban J connectivity index is 0.000000241. The van der Waals surface area contributed by atoms with Crippen molar-refractivity contribution in [3.63, 3.8) is 0 Å². The maximum absolute atomic E-state index is 13.4. The standard InChI is InChI=1S/2C26H22ClN3O6S.Ba/c2*1-3-15-12-21(27)25(37(33,34)35)22(13-15)29-30-23-19-7-5-4-6-16(19)14-20(24(23)31)26(32)28-17-8-10-18(36-2)11-9-17;/h2*4-14,31H,3H2,1-2H3,(H,28,32)(H,33,34,35);/q;;+2/p-2. The number of nitrogens with zero attached hydrogens (tertiary/aromatic N) is 4. The van der Waals surface area contributed by atoms with Gasteiger partial charge in [-0.25, -0.2) is 8.42 Å². The molecule has 8 aromatic carbocycles. The monoisotopic (exact) mass is 1210 g/mol. The zero-order valence-corrected chi connectivity index (χ0v) is 47.7. The van der Waals surface area contributed by atoms with E-state index in [4.69, 9.17) is 32.7 Å². The van der Waals surface area contributed by atoms with Crippen LogP contribution in [0.5, 0.6) is 23.0 Å². The Morgan fingerprint density at radius 3 is 1.47 bits per heavy atom. The Hall–Kier alpha value is -6.41. The van der Waals surface area contributed by atoms with Gasteiger partial charge in [-0.05, 0) is 120 Å². The van der Waals surface area contributed by atoms with Crippen LogP contribution in [0.3, 0.4) is 0 Å². The molecule has 0 fully saturated rings. The van der Waals surface area contributed by atoms with Gasteiger partial charge in [-0.1, -0.05) is 91.3 Å². The number of phenolic OH excluding ortho intramolecular Hbond substituents is 1. The second-order valence-corrected chi connectivity index (χ2v) is 19.4. The molecule has 0 saturated heterocycles. The van der Waals surface area contributed by atoms with Gasteiger partial charge in [0.05, 0.1) is 35.5 Å². The second kappa shape index (κ2) is 25.0. The van der Waals surface area contributed by atoms with Crippen molar-refractivity contribution in [3.05, 3.63) is 166 Å². The van der Waals surface area contributed by atoms with Gasteiger partial charge in [-0.15, -0.1) is 15.3 Å². The molecular formula is C52H42BaCl2N6O12S2. The number of amides is 2. The van der Waals surface area contributed by atoms with E-state index in [1.165, 1.54) is 50.6 Å². The average molecular weight is 1220 g/mol. The minimum Gasteiger partial charge on any atom is -0.870 e. The third-order valence-corrected chi connectivity index (χ3v) is 13.9. The van der Waals surface area contributed by atoms with E-state index in [1.807, 2.05) is 13.8 Å². The summed E-state index contributed by atoms with van der Waals surface area (Å²) in [6, 6.07) is 35.4. The van der Waals surface area contributed by atoms with E-state index in [2.05, 4.69) is 31.1 Å². The first-order valence-electron chi connectivity index (χ1n) is 22.0. The van der Waals surface area contributed by atoms with Gasteiger partial charge >= 0.3 is 48.9 Å². The van der Waals surface area contributed by atoms with Crippen molar-refractivity contribution in [3.8, 4) is 23.0 Å². The number of carbonyl (C=O) groups excluding carboxylic acids is 2. The predicted octanol–water partition coefficient (Wildman–Crippen LogP) is 12.0. The van der Waals surface area contributed by atoms with Crippen LogP contribution in [0, 0.1) is 0 Å². The smallest absolute Gasteiger partial charge is 0.870 e. The average Bonchev–Trinajstić information content (AvgIpc) is 3.37. The summed E-state index contributed by atoms with van der Waals surface area (Å²) in [5.74, 6) is -1.23. The van der Waals surface area contributed by atoms with Crippen LogP contribution in [0.2, 0.25) is 10.0 Å². The molecule has 4 N–H and O–H groups in total. The summed E-state index contributed by atoms with van der Waals surface area (Å²) in [5.41, 5.74) is 1.18. The van der Waals surface area contributed by atoms with Gasteiger partial charge in [0.2, 0.25) is 0 Å². The number of fused-ring (bicyclic) bond motifs is 2. The topological polar surface area (TPSA) is 281 Å². The van der Waals surface area contributed by atoms with E-state index in [9.17, 15) is 45.7 Å². The Morgan fingerprint density at radius 2 is 1.01 bits per heavy atom. The number of ether oxygens (including phenoxy) is 2. The molecule has 0 atom stereocenters. The molecule has 8 rings (SSSR count). The summed E-state index contributed by atoms with van der Waals surface area (Å²) in [6.07, 6.45) is 1.00. The van der Waals surface area contributed by atoms with E-state index < -0.39 is 53.3 Å². The van der Waals surface area contributed by atoms with Crippen molar-refractivity contribution in [2.24, 2.45) is 20.5 Å². The molecule has 0 saturated carbocycles. The summed E-state index contributed by atoms with van der Waals surface area (Å²) in [5, 5.41) is 47.4. The molecule has 0 heterocycles. The van der Waals surface area contributed by atoms with Crippen molar-refractivity contribution in [1.29, 1.82) is 0 Å². The summed E-state index contributed by atoms with van der Waals surface area (Å²) >= 11 is 12.2. The molecule has 0 aliphatic heterocycles. The van der Waals surface area contributed by atoms with E-state index >= 15 is 0 Å². The molecule has 0 bridgehead atoms. The molecule has 0 radical (unpaired) electrons. The number of phenols is 1. The number of methoxy groups -OCH3 is 2. The van der Waals surface area contributed by atoms with Gasteiger partial charge in [0.15, 0.2) is 5.75 Å². The van der Waals surface area contributed by atoms with Gasteiger partial charge in [0, 0.05) is 27.7 Å². The molecule has 0 aromatic heterocycles. The zero-order chi connectivity index (χ0) is 53.5. The molecule has 23 heteroatoms. The van der Waals surface area contributed by atoms with Crippen molar-refractivity contribution in [2.75, 3.05) is 24.9 Å². The Bertz CT molecular complexity index is 3530. The van der Waals surface area contributed by atoms with Crippen LogP contribution >= 0.6 is 23.2 Å². The Kier molecular flexibility index (Phi) is 19.3. The number of rotatable bonds is 14. The summed E-state index contributed by atoms with van der Waals surface area (Å²) in [6.45, 7) is 3.65. The fourth-order valence-corrected chi connectivity index (χ4v) is 9.82. The third kappa shape index (κ3) is 13.7. The minimum absolute atomic E-state index is 0. The number of halogens is 2. The minimum atomic E-state index is -4.99. The van der Waals surface area contributed by atoms with Gasteiger partial charge in [0.25, 0.3) is 21.9 Å². The molecule has 0 aliphatic carbocycles. The number of benzene rings is 8. The number of aryl methyl sites for hydroxylation is 2. The number of carbonyl (C=O) groups is 2. The van der Waals surface area contributed by atoms with Crippen LogP contribution in [0.4, 0.5) is 34.1 Å². The SMILES string of the molecule is CCc1cc(Cl)c(S(=O)(=O)O)c(N=Nc2c(O)c(C(=O)Nc3ccc(OC)cc3)cc3ccccc23)c1.CCc1cc(Cl)c(S(=O)(=O)[O-])c(N=Nc2c([O-])c(C(=O)Nc3ccc(OC)cc3)cc3ccccc23)c1.[Ba+2]. The van der Waals surface area contributed by atoms with Gasteiger partial charge < -0.3 is 34.9 Å². The van der Waals surface area contributed by atoms with Crippen molar-refractivity contribution in [2.45, 2.75) is 36.5 Å². The van der Waals surface area contributed by atoms with Crippen LogP contribution in [0.1, 0.15) is 45.7 Å². The Labute approximate surface area is 481 Å². The first-order valence-corrected chi connectivity index (χ1v) is 25.6. The van der Waals surface area contributed by atoms with Crippen molar-refractivity contribution >= 4 is 160 Å². The number of hydrogen-bond donors (Lipinski definition) is 4. The fraction of sp³-hybridized carbons (Fsp3) is 0.115. The zero-order valence-electron chi connectivity index (χ0n) is 40.2. The third-order valence-electron chi connectivity index (χ3n) is 11.2. The molecule has 75 heavy (non-hydrogen) atoms. The van der Waals surface area contributed by atoms with Crippen LogP contribution in [-0.2, 0) is 33.1 Å². The van der Waals surface area contributed by atoms with Gasteiger partial charge in [-0.2, -0.15) is 13.5 Å². The maximum Gasteiger partial charge on any atom is 2.00 e. The molecule has 380 valence electrons. The van der Waals surface area contributed by atoms with Crippen molar-refractivity contribution < 1.29 is 55.2 Å². The molecule has 18 nitrogen and oxygen atoms in total. The van der Waals surface area contributed by atoms with Gasteiger partial charge in [-0.3, -0.25) is 14.1 Å². The first kappa shape index (κ1) is 57.9. The quantitative estimate of drug-likeness (QED) is 0.0449. The number of azo groups is 2. The van der Waals surface area contributed by atoms with Gasteiger partial charge in [0.1, 0.15) is 48.5 Å². The molecule has 0 unspecified atom stereocenters. The van der Waals surface area contributed by atoms with E-state index in [-0.39, 0.29) is 92.8 Å². The molecule has 0 spiro atoms. The number of hydrogen-bond acceptors (Lipinski definition) is 15. The molecule has 2 amide bonds. The normalized spacial score (nSPS) is 11.5. The maximum atomic E-state index is 13.4. The first-order chi connectivity index (χ1) is 35.2. The summed E-state index contributed by atoms with van der Waals surface area (Å²) in [4.78, 5) is 24.7. The summed E-state index contributed by atoms with van der Waals surface area (Å²) < 4.78 is 79.5.